The van der Waals surface area contributed by atoms with Crippen molar-refractivity contribution < 1.29 is 4.42 Å². The molecule has 0 saturated heterocycles. The standard InChI is InChI=1S/C10H13N3OS/c1-15-5-4-12-10-13-8-3-2-7(11)6-9(8)14-10/h2-3,6H,4-5,11H2,1H3,(H,12,13). The van der Waals surface area contributed by atoms with E-state index in [1.165, 1.54) is 0 Å². The number of benzene rings is 1. The van der Waals surface area contributed by atoms with Crippen molar-refractivity contribution in [1.29, 1.82) is 0 Å². The van der Waals surface area contributed by atoms with Crippen LogP contribution in [0.15, 0.2) is 22.6 Å². The number of fused-ring (bicyclic) bond motifs is 1. The number of anilines is 2. The summed E-state index contributed by atoms with van der Waals surface area (Å²) >= 11 is 1.78. The van der Waals surface area contributed by atoms with E-state index in [2.05, 4.69) is 16.6 Å². The molecular weight excluding hydrogens is 210 g/mol. The van der Waals surface area contributed by atoms with Gasteiger partial charge in [-0.3, -0.25) is 0 Å². The molecule has 1 aromatic heterocycles. The average Bonchev–Trinajstić information content (AvgIpc) is 2.60. The molecule has 3 N–H and O–H groups in total. The molecule has 0 bridgehead atoms. The zero-order chi connectivity index (χ0) is 10.7. The van der Waals surface area contributed by atoms with Gasteiger partial charge in [0.05, 0.1) is 0 Å². The maximum Gasteiger partial charge on any atom is 0.295 e. The number of nitrogens with one attached hydrogen (secondary N) is 1. The molecule has 0 radical (unpaired) electrons. The number of nitrogens with zero attached hydrogens (tertiary/aromatic N) is 1. The zero-order valence-corrected chi connectivity index (χ0v) is 9.30. The van der Waals surface area contributed by atoms with Crippen molar-refractivity contribution in [3.63, 3.8) is 0 Å². The van der Waals surface area contributed by atoms with Gasteiger partial charge in [-0.15, -0.1) is 0 Å². The summed E-state index contributed by atoms with van der Waals surface area (Å²) in [7, 11) is 0. The number of nitrogens with two attached hydrogens (primary N) is 1. The normalized spacial score (nSPS) is 10.7. The van der Waals surface area contributed by atoms with Gasteiger partial charge in [-0.05, 0) is 18.4 Å². The first-order valence-corrected chi connectivity index (χ1v) is 6.08. The summed E-state index contributed by atoms with van der Waals surface area (Å²) in [4.78, 5) is 4.28. The molecule has 0 unspecified atom stereocenters. The Kier molecular flexibility index (Phi) is 3.01. The van der Waals surface area contributed by atoms with E-state index in [1.54, 1.807) is 17.8 Å². The molecule has 1 aromatic carbocycles. The van der Waals surface area contributed by atoms with E-state index in [0.717, 1.165) is 23.4 Å². The van der Waals surface area contributed by atoms with Crippen LogP contribution in [0.1, 0.15) is 0 Å². The van der Waals surface area contributed by atoms with Crippen molar-refractivity contribution in [3.8, 4) is 0 Å². The minimum absolute atomic E-state index is 0.560. The second-order valence-electron chi connectivity index (χ2n) is 3.17. The molecule has 5 heteroatoms. The van der Waals surface area contributed by atoms with Gasteiger partial charge in [-0.2, -0.15) is 16.7 Å². The van der Waals surface area contributed by atoms with Crippen molar-refractivity contribution in [2.24, 2.45) is 0 Å². The van der Waals surface area contributed by atoms with Gasteiger partial charge in [-0.25, -0.2) is 0 Å². The van der Waals surface area contributed by atoms with Gasteiger partial charge < -0.3 is 15.5 Å². The first-order valence-electron chi connectivity index (χ1n) is 4.68. The van der Waals surface area contributed by atoms with E-state index >= 15 is 0 Å². The number of aromatic nitrogens is 1. The number of hydrogen-bond donors (Lipinski definition) is 2. The molecular formula is C10H13N3OS. The van der Waals surface area contributed by atoms with Crippen LogP contribution in [0.4, 0.5) is 11.7 Å². The Labute approximate surface area is 92.2 Å². The number of thioether (sulfide) groups is 1. The van der Waals surface area contributed by atoms with Gasteiger partial charge in [-0.1, -0.05) is 0 Å². The highest BCUT2D eigenvalue weighted by atomic mass is 32.2. The number of hydrogen-bond acceptors (Lipinski definition) is 5. The summed E-state index contributed by atoms with van der Waals surface area (Å²) in [6.45, 7) is 0.851. The molecule has 15 heavy (non-hydrogen) atoms. The van der Waals surface area contributed by atoms with E-state index in [-0.39, 0.29) is 0 Å². The molecule has 2 rings (SSSR count). The second kappa shape index (κ2) is 4.44. The van der Waals surface area contributed by atoms with E-state index in [1.807, 2.05) is 12.1 Å². The topological polar surface area (TPSA) is 64.1 Å². The lowest BCUT2D eigenvalue weighted by molar-refractivity contribution is 0.617. The Morgan fingerprint density at radius 2 is 2.40 bits per heavy atom. The van der Waals surface area contributed by atoms with Crippen molar-refractivity contribution in [1.82, 2.24) is 4.98 Å². The molecule has 4 nitrogen and oxygen atoms in total. The third-order valence-corrected chi connectivity index (χ3v) is 2.61. The lowest BCUT2D eigenvalue weighted by Crippen LogP contribution is -2.03. The second-order valence-corrected chi connectivity index (χ2v) is 4.15. The highest BCUT2D eigenvalue weighted by molar-refractivity contribution is 7.98. The summed E-state index contributed by atoms with van der Waals surface area (Å²) in [5.74, 6) is 1.03. The molecule has 0 saturated carbocycles. The van der Waals surface area contributed by atoms with Crippen LogP contribution in [0.5, 0.6) is 0 Å². The number of nitrogen functional groups attached to an aromatic ring is 1. The molecule has 0 aliphatic carbocycles. The van der Waals surface area contributed by atoms with Crippen LogP contribution in [0.3, 0.4) is 0 Å². The first-order chi connectivity index (χ1) is 7.29. The monoisotopic (exact) mass is 223 g/mol. The van der Waals surface area contributed by atoms with Crippen molar-refractivity contribution in [3.05, 3.63) is 18.2 Å². The molecule has 1 heterocycles. The third kappa shape index (κ3) is 2.36. The average molecular weight is 223 g/mol. The van der Waals surface area contributed by atoms with Crippen LogP contribution in [-0.4, -0.2) is 23.5 Å². The fourth-order valence-electron chi connectivity index (χ4n) is 1.28. The van der Waals surface area contributed by atoms with E-state index in [0.29, 0.717) is 11.7 Å². The zero-order valence-electron chi connectivity index (χ0n) is 8.49. The number of rotatable bonds is 4. The molecule has 0 fully saturated rings. The molecule has 0 aliphatic rings. The quantitative estimate of drug-likeness (QED) is 0.614. The number of oxazole rings is 1. The highest BCUT2D eigenvalue weighted by Crippen LogP contribution is 2.20. The molecule has 2 aromatic rings. The van der Waals surface area contributed by atoms with E-state index in [9.17, 15) is 0 Å². The van der Waals surface area contributed by atoms with Gasteiger partial charge in [0.1, 0.15) is 5.52 Å². The van der Waals surface area contributed by atoms with Crippen LogP contribution in [0, 0.1) is 0 Å². The molecule has 0 amide bonds. The largest absolute Gasteiger partial charge is 0.423 e. The summed E-state index contributed by atoms with van der Waals surface area (Å²) in [5.41, 5.74) is 7.89. The predicted molar refractivity (Wildman–Crippen MR) is 65.3 cm³/mol. The van der Waals surface area contributed by atoms with Crippen LogP contribution >= 0.6 is 11.8 Å². The Balaban J connectivity index is 2.16. The maximum atomic E-state index is 5.64. The summed E-state index contributed by atoms with van der Waals surface area (Å²) < 4.78 is 5.48. The minimum Gasteiger partial charge on any atom is -0.423 e. The maximum absolute atomic E-state index is 5.64. The predicted octanol–water partition coefficient (Wildman–Crippen LogP) is 2.18. The van der Waals surface area contributed by atoms with E-state index in [4.69, 9.17) is 10.2 Å². The van der Waals surface area contributed by atoms with Crippen LogP contribution in [0.25, 0.3) is 11.1 Å². The van der Waals surface area contributed by atoms with Crippen LogP contribution < -0.4 is 11.1 Å². The Hall–Kier alpha value is -1.36. The lowest BCUT2D eigenvalue weighted by atomic mass is 10.3. The van der Waals surface area contributed by atoms with Gasteiger partial charge in [0, 0.05) is 24.1 Å². The Bertz CT molecular complexity index is 455. The third-order valence-electron chi connectivity index (χ3n) is 1.99. The Morgan fingerprint density at radius 1 is 1.53 bits per heavy atom. The van der Waals surface area contributed by atoms with Gasteiger partial charge in [0.25, 0.3) is 6.01 Å². The lowest BCUT2D eigenvalue weighted by Gasteiger charge is -1.97. The summed E-state index contributed by atoms with van der Waals surface area (Å²) in [6, 6.07) is 6.01. The van der Waals surface area contributed by atoms with Crippen LogP contribution in [0.2, 0.25) is 0 Å². The highest BCUT2D eigenvalue weighted by Gasteiger charge is 2.04. The van der Waals surface area contributed by atoms with Gasteiger partial charge in [0.2, 0.25) is 0 Å². The molecule has 80 valence electrons. The first kappa shape index (κ1) is 10.2. The summed E-state index contributed by atoms with van der Waals surface area (Å²) in [6.07, 6.45) is 2.06. The Morgan fingerprint density at radius 3 is 3.20 bits per heavy atom. The SMILES string of the molecule is CSCCNc1nc2ccc(N)cc2o1. The minimum atomic E-state index is 0.560. The molecule has 0 atom stereocenters. The van der Waals surface area contributed by atoms with Gasteiger partial charge >= 0.3 is 0 Å². The van der Waals surface area contributed by atoms with Gasteiger partial charge in [0.15, 0.2) is 5.58 Å². The van der Waals surface area contributed by atoms with E-state index < -0.39 is 0 Å². The van der Waals surface area contributed by atoms with Crippen molar-refractivity contribution >= 4 is 34.6 Å². The smallest absolute Gasteiger partial charge is 0.295 e. The molecule has 0 spiro atoms. The van der Waals surface area contributed by atoms with Crippen molar-refractivity contribution in [2.45, 2.75) is 0 Å². The fourth-order valence-corrected chi connectivity index (χ4v) is 1.58. The summed E-state index contributed by atoms with van der Waals surface area (Å²) in [5, 5.41) is 3.12. The molecule has 0 aliphatic heterocycles. The fraction of sp³-hybridized carbons (Fsp3) is 0.300. The van der Waals surface area contributed by atoms with Crippen molar-refractivity contribution in [2.75, 3.05) is 29.6 Å². The van der Waals surface area contributed by atoms with Crippen LogP contribution in [-0.2, 0) is 0 Å².